The van der Waals surface area contributed by atoms with Crippen molar-refractivity contribution in [1.82, 2.24) is 4.90 Å². The van der Waals surface area contributed by atoms with Gasteiger partial charge in [0, 0.05) is 19.6 Å². The van der Waals surface area contributed by atoms with Gasteiger partial charge in [-0.25, -0.2) is 0 Å². The van der Waals surface area contributed by atoms with E-state index >= 15 is 0 Å². The smallest absolute Gasteiger partial charge is 0.122 e. The molecule has 2 aromatic carbocycles. The molecule has 0 saturated heterocycles. The Hall–Kier alpha value is -1.88. The van der Waals surface area contributed by atoms with Gasteiger partial charge in [0.15, 0.2) is 0 Å². The fourth-order valence-electron chi connectivity index (χ4n) is 2.84. The van der Waals surface area contributed by atoms with E-state index in [1.54, 1.807) is 0 Å². The van der Waals surface area contributed by atoms with E-state index in [0.717, 1.165) is 16.9 Å². The van der Waals surface area contributed by atoms with Crippen LogP contribution in [0.4, 0.5) is 0 Å². The van der Waals surface area contributed by atoms with Gasteiger partial charge < -0.3 is 14.9 Å². The lowest BCUT2D eigenvalue weighted by molar-refractivity contribution is 0.0586. The molecule has 2 aromatic rings. The van der Waals surface area contributed by atoms with Crippen molar-refractivity contribution in [1.29, 1.82) is 0 Å². The number of aliphatic hydroxyl groups is 2. The molecule has 0 fully saturated rings. The zero-order valence-electron chi connectivity index (χ0n) is 15.1. The topological polar surface area (TPSA) is 52.9 Å². The largest absolute Gasteiger partial charge is 0.491 e. The second-order valence-corrected chi connectivity index (χ2v) is 6.60. The highest BCUT2D eigenvalue weighted by Crippen LogP contribution is 2.25. The molecule has 0 spiro atoms. The maximum absolute atomic E-state index is 10.4. The second kappa shape index (κ2) is 10.2. The molecule has 0 aliphatic carbocycles. The minimum absolute atomic E-state index is 0.0661. The number of ether oxygens (including phenoxy) is 1. The molecule has 2 rings (SSSR count). The molecule has 0 saturated carbocycles. The molecule has 0 radical (unpaired) electrons. The van der Waals surface area contributed by atoms with E-state index in [0.29, 0.717) is 25.6 Å². The van der Waals surface area contributed by atoms with Crippen molar-refractivity contribution < 1.29 is 14.9 Å². The molecule has 4 heteroatoms. The number of hydrogen-bond donors (Lipinski definition) is 2. The average molecular weight is 343 g/mol. The van der Waals surface area contributed by atoms with Crippen LogP contribution in [0.3, 0.4) is 0 Å². The minimum Gasteiger partial charge on any atom is -0.491 e. The molecule has 1 unspecified atom stereocenters. The number of aliphatic hydroxyl groups excluding tert-OH is 2. The number of rotatable bonds is 10. The van der Waals surface area contributed by atoms with E-state index in [2.05, 4.69) is 19.9 Å². The third-order valence-corrected chi connectivity index (χ3v) is 4.11. The van der Waals surface area contributed by atoms with Gasteiger partial charge in [-0.05, 0) is 23.1 Å². The van der Waals surface area contributed by atoms with Crippen LogP contribution in [-0.2, 0) is 6.54 Å². The molecule has 0 amide bonds. The molecule has 1 atom stereocenters. The Morgan fingerprint density at radius 2 is 1.68 bits per heavy atom. The Labute approximate surface area is 150 Å². The Bertz CT molecular complexity index is 616. The molecule has 136 valence electrons. The summed E-state index contributed by atoms with van der Waals surface area (Å²) in [5, 5.41) is 19.6. The summed E-state index contributed by atoms with van der Waals surface area (Å²) in [6, 6.07) is 18.0. The summed E-state index contributed by atoms with van der Waals surface area (Å²) in [7, 11) is 0. The molecule has 0 bridgehead atoms. The van der Waals surface area contributed by atoms with Crippen molar-refractivity contribution >= 4 is 0 Å². The van der Waals surface area contributed by atoms with E-state index in [1.165, 1.54) is 0 Å². The number of benzene rings is 2. The third kappa shape index (κ3) is 6.50. The Kier molecular flexibility index (Phi) is 7.92. The normalized spacial score (nSPS) is 12.6. The van der Waals surface area contributed by atoms with Crippen LogP contribution in [0.25, 0.3) is 0 Å². The fraction of sp³-hybridized carbons (Fsp3) is 0.429. The molecule has 0 aliphatic heterocycles. The van der Waals surface area contributed by atoms with Gasteiger partial charge in [0.1, 0.15) is 18.5 Å². The number of nitrogens with zero attached hydrogens (tertiary/aromatic N) is 1. The van der Waals surface area contributed by atoms with Gasteiger partial charge in [-0.15, -0.1) is 0 Å². The molecule has 4 nitrogen and oxygen atoms in total. The summed E-state index contributed by atoms with van der Waals surface area (Å²) >= 11 is 0. The Morgan fingerprint density at radius 3 is 2.36 bits per heavy atom. The first kappa shape index (κ1) is 19.4. The quantitative estimate of drug-likeness (QED) is 0.696. The Balaban J connectivity index is 1.90. The van der Waals surface area contributed by atoms with E-state index in [4.69, 9.17) is 4.74 Å². The SMILES string of the molecule is CC(C)c1ccccc1OCC(O)CN(CCO)Cc1ccccc1. The van der Waals surface area contributed by atoms with Crippen LogP contribution in [0.1, 0.15) is 30.9 Å². The summed E-state index contributed by atoms with van der Waals surface area (Å²) in [6.07, 6.45) is -0.615. The van der Waals surface area contributed by atoms with E-state index in [-0.39, 0.29) is 13.2 Å². The van der Waals surface area contributed by atoms with Crippen LogP contribution >= 0.6 is 0 Å². The maximum Gasteiger partial charge on any atom is 0.122 e. The van der Waals surface area contributed by atoms with Crippen LogP contribution in [-0.4, -0.2) is 47.5 Å². The van der Waals surface area contributed by atoms with E-state index in [9.17, 15) is 10.2 Å². The Morgan fingerprint density at radius 1 is 1.00 bits per heavy atom. The van der Waals surface area contributed by atoms with Crippen molar-refractivity contribution in [3.63, 3.8) is 0 Å². The van der Waals surface area contributed by atoms with E-state index in [1.807, 2.05) is 53.4 Å². The maximum atomic E-state index is 10.4. The van der Waals surface area contributed by atoms with Gasteiger partial charge in [-0.1, -0.05) is 62.4 Å². The number of hydrogen-bond acceptors (Lipinski definition) is 4. The van der Waals surface area contributed by atoms with Crippen molar-refractivity contribution in [2.75, 3.05) is 26.3 Å². The summed E-state index contributed by atoms with van der Waals surface area (Å²) < 4.78 is 5.85. The highest BCUT2D eigenvalue weighted by atomic mass is 16.5. The lowest BCUT2D eigenvalue weighted by Crippen LogP contribution is -2.37. The first-order valence-electron chi connectivity index (χ1n) is 8.87. The molecule has 0 aliphatic rings. The zero-order chi connectivity index (χ0) is 18.1. The summed E-state index contributed by atoms with van der Waals surface area (Å²) in [5.41, 5.74) is 2.31. The van der Waals surface area contributed by atoms with Crippen molar-refractivity contribution in [2.45, 2.75) is 32.4 Å². The van der Waals surface area contributed by atoms with Crippen molar-refractivity contribution in [3.05, 3.63) is 65.7 Å². The van der Waals surface area contributed by atoms with Crippen LogP contribution < -0.4 is 4.74 Å². The lowest BCUT2D eigenvalue weighted by Gasteiger charge is -2.25. The van der Waals surface area contributed by atoms with Gasteiger partial charge >= 0.3 is 0 Å². The third-order valence-electron chi connectivity index (χ3n) is 4.11. The predicted molar refractivity (Wildman–Crippen MR) is 101 cm³/mol. The molecule has 0 heterocycles. The minimum atomic E-state index is -0.615. The van der Waals surface area contributed by atoms with Crippen LogP contribution in [0, 0.1) is 0 Å². The summed E-state index contributed by atoms with van der Waals surface area (Å²) in [4.78, 5) is 2.04. The first-order chi connectivity index (χ1) is 12.1. The van der Waals surface area contributed by atoms with Crippen LogP contribution in [0.5, 0.6) is 5.75 Å². The monoisotopic (exact) mass is 343 g/mol. The molecule has 2 N–H and O–H groups in total. The van der Waals surface area contributed by atoms with E-state index < -0.39 is 6.10 Å². The highest BCUT2D eigenvalue weighted by molar-refractivity contribution is 5.35. The molecule has 25 heavy (non-hydrogen) atoms. The van der Waals surface area contributed by atoms with Crippen molar-refractivity contribution in [3.8, 4) is 5.75 Å². The molecular formula is C21H29NO3. The standard InChI is InChI=1S/C21H29NO3/c1-17(2)20-10-6-7-11-21(20)25-16-19(24)15-22(12-13-23)14-18-8-4-3-5-9-18/h3-11,17,19,23-24H,12-16H2,1-2H3. The predicted octanol–water partition coefficient (Wildman–Crippen LogP) is 3.04. The zero-order valence-corrected chi connectivity index (χ0v) is 15.1. The van der Waals surface area contributed by atoms with Gasteiger partial charge in [0.2, 0.25) is 0 Å². The summed E-state index contributed by atoms with van der Waals surface area (Å²) in [5.74, 6) is 1.20. The van der Waals surface area contributed by atoms with Gasteiger partial charge in [0.25, 0.3) is 0 Å². The highest BCUT2D eigenvalue weighted by Gasteiger charge is 2.14. The van der Waals surface area contributed by atoms with Crippen LogP contribution in [0.2, 0.25) is 0 Å². The molecular weight excluding hydrogens is 314 g/mol. The van der Waals surface area contributed by atoms with Gasteiger partial charge in [-0.3, -0.25) is 4.90 Å². The lowest BCUT2D eigenvalue weighted by atomic mass is 10.0. The molecule has 0 aromatic heterocycles. The fourth-order valence-corrected chi connectivity index (χ4v) is 2.84. The van der Waals surface area contributed by atoms with Crippen LogP contribution in [0.15, 0.2) is 54.6 Å². The second-order valence-electron chi connectivity index (χ2n) is 6.60. The first-order valence-corrected chi connectivity index (χ1v) is 8.87. The summed E-state index contributed by atoms with van der Waals surface area (Å²) in [6.45, 7) is 6.23. The van der Waals surface area contributed by atoms with Gasteiger partial charge in [0.05, 0.1) is 6.61 Å². The van der Waals surface area contributed by atoms with Gasteiger partial charge in [-0.2, -0.15) is 0 Å². The van der Waals surface area contributed by atoms with Crippen molar-refractivity contribution in [2.24, 2.45) is 0 Å². The average Bonchev–Trinajstić information content (AvgIpc) is 2.61. The number of para-hydroxylation sites is 1.